The molecule has 9 nitrogen and oxygen atoms in total. The van der Waals surface area contributed by atoms with E-state index in [1.165, 1.54) is 17.1 Å². The molecule has 170 valence electrons. The number of rotatable bonds is 5. The molecule has 1 aliphatic heterocycles. The van der Waals surface area contributed by atoms with E-state index in [0.717, 1.165) is 11.1 Å². The van der Waals surface area contributed by atoms with Gasteiger partial charge in [0.15, 0.2) is 17.3 Å². The van der Waals surface area contributed by atoms with E-state index in [1.54, 1.807) is 18.5 Å². The van der Waals surface area contributed by atoms with Crippen LogP contribution in [0.2, 0.25) is 0 Å². The molecule has 34 heavy (non-hydrogen) atoms. The molecule has 0 bridgehead atoms. The highest BCUT2D eigenvalue weighted by Crippen LogP contribution is 2.27. The van der Waals surface area contributed by atoms with E-state index in [9.17, 15) is 9.18 Å². The van der Waals surface area contributed by atoms with Gasteiger partial charge in [-0.05, 0) is 29.7 Å². The van der Waals surface area contributed by atoms with Crippen molar-refractivity contribution in [2.75, 3.05) is 10.3 Å². The maximum Gasteiger partial charge on any atom is 0.283 e. The summed E-state index contributed by atoms with van der Waals surface area (Å²) in [6.45, 7) is 3.04. The number of aromatic amines is 1. The third kappa shape index (κ3) is 3.18. The molecule has 5 aromatic rings. The normalized spacial score (nSPS) is 14.0. The minimum absolute atomic E-state index is 0.0196. The van der Waals surface area contributed by atoms with Crippen molar-refractivity contribution in [1.29, 1.82) is 0 Å². The highest BCUT2D eigenvalue weighted by molar-refractivity contribution is 5.82. The summed E-state index contributed by atoms with van der Waals surface area (Å²) in [4.78, 5) is 34.3. The Morgan fingerprint density at radius 1 is 1.09 bits per heavy atom. The Hall–Kier alpha value is -4.34. The number of nitrogens with zero attached hydrogens (tertiary/aromatic N) is 6. The number of H-pyrrole nitrogens is 1. The number of imidazole rings is 1. The van der Waals surface area contributed by atoms with Crippen LogP contribution in [0.25, 0.3) is 22.1 Å². The molecular formula is C24H21FN8O. The Morgan fingerprint density at radius 2 is 1.88 bits per heavy atom. The first kappa shape index (κ1) is 20.3. The van der Waals surface area contributed by atoms with Crippen molar-refractivity contribution in [2.24, 2.45) is 0 Å². The Bertz CT molecular complexity index is 1570. The molecule has 0 saturated carbocycles. The largest absolute Gasteiger partial charge is 0.358 e. The summed E-state index contributed by atoms with van der Waals surface area (Å²) in [7, 11) is 0. The maximum atomic E-state index is 14.8. The lowest BCUT2D eigenvalue weighted by atomic mass is 10.1. The van der Waals surface area contributed by atoms with Crippen LogP contribution in [-0.2, 0) is 13.1 Å². The highest BCUT2D eigenvalue weighted by Gasteiger charge is 2.28. The number of fused-ring (bicyclic) bond motifs is 3. The topological polar surface area (TPSA) is 105 Å². The summed E-state index contributed by atoms with van der Waals surface area (Å²) in [5.74, 6) is 0.436. The number of halogens is 1. The van der Waals surface area contributed by atoms with Crippen LogP contribution in [0.15, 0.2) is 59.9 Å². The van der Waals surface area contributed by atoms with Gasteiger partial charge in [-0.25, -0.2) is 29.0 Å². The third-order valence-corrected chi connectivity index (χ3v) is 6.20. The van der Waals surface area contributed by atoms with E-state index in [4.69, 9.17) is 4.98 Å². The summed E-state index contributed by atoms with van der Waals surface area (Å²) < 4.78 is 16.3. The molecule has 0 amide bonds. The van der Waals surface area contributed by atoms with Crippen LogP contribution < -0.4 is 15.9 Å². The number of nitrogens with one attached hydrogen (secondary N) is 2. The van der Waals surface area contributed by atoms with Gasteiger partial charge >= 0.3 is 0 Å². The van der Waals surface area contributed by atoms with Crippen molar-refractivity contribution >= 4 is 27.9 Å². The number of aromatic nitrogens is 6. The number of anilines is 1. The molecule has 1 unspecified atom stereocenters. The average molecular weight is 456 g/mol. The van der Waals surface area contributed by atoms with Crippen LogP contribution in [0.1, 0.15) is 36.3 Å². The molecule has 2 N–H and O–H groups in total. The lowest BCUT2D eigenvalue weighted by Crippen LogP contribution is -2.43. The van der Waals surface area contributed by atoms with Crippen molar-refractivity contribution in [3.8, 4) is 0 Å². The third-order valence-electron chi connectivity index (χ3n) is 6.20. The molecule has 6 rings (SSSR count). The molecule has 0 fully saturated rings. The van der Waals surface area contributed by atoms with Gasteiger partial charge in [0.25, 0.3) is 5.56 Å². The van der Waals surface area contributed by atoms with Gasteiger partial charge in [-0.3, -0.25) is 9.80 Å². The van der Waals surface area contributed by atoms with Crippen molar-refractivity contribution < 1.29 is 4.39 Å². The standard InChI is InChI=1S/C24H21FN8O/c1-2-17(30-22-20-21(27-12-26-20)28-13-29-22)23-31-18-9-5-8-16(25)19(18)24(34)33(23)32-10-14-6-3-4-7-15(14)11-32/h3-9,12-13,17H,2,10-11H2,1H3,(H2,26,27,28,29,30). The first-order chi connectivity index (χ1) is 16.6. The van der Waals surface area contributed by atoms with Crippen molar-refractivity contribution in [1.82, 2.24) is 29.6 Å². The van der Waals surface area contributed by atoms with Crippen LogP contribution in [0.3, 0.4) is 0 Å². The SMILES string of the molecule is CCC(Nc1ncnc2[nH]cnc12)c1nc2cccc(F)c2c(=O)n1N1Cc2ccccc2C1. The van der Waals surface area contributed by atoms with Gasteiger partial charge in [0.2, 0.25) is 0 Å². The summed E-state index contributed by atoms with van der Waals surface area (Å²) in [6.07, 6.45) is 3.60. The average Bonchev–Trinajstić information content (AvgIpc) is 3.49. The van der Waals surface area contributed by atoms with Crippen LogP contribution in [0, 0.1) is 5.82 Å². The second-order valence-electron chi connectivity index (χ2n) is 8.24. The fourth-order valence-corrected chi connectivity index (χ4v) is 4.54. The lowest BCUT2D eigenvalue weighted by Gasteiger charge is -2.28. The predicted molar refractivity (Wildman–Crippen MR) is 126 cm³/mol. The second kappa shape index (κ2) is 7.91. The Balaban J connectivity index is 1.52. The Kier molecular flexibility index (Phi) is 4.72. The van der Waals surface area contributed by atoms with E-state index in [1.807, 2.05) is 36.2 Å². The van der Waals surface area contributed by atoms with Gasteiger partial charge in [-0.15, -0.1) is 0 Å². The summed E-state index contributed by atoms with van der Waals surface area (Å²) in [5, 5.41) is 5.28. The monoisotopic (exact) mass is 456 g/mol. The van der Waals surface area contributed by atoms with Gasteiger partial charge in [-0.2, -0.15) is 0 Å². The minimum atomic E-state index is -0.581. The molecule has 0 spiro atoms. The summed E-state index contributed by atoms with van der Waals surface area (Å²) in [6, 6.07) is 12.2. The Labute approximate surface area is 193 Å². The second-order valence-corrected chi connectivity index (χ2v) is 8.24. The number of hydrogen-bond acceptors (Lipinski definition) is 7. The lowest BCUT2D eigenvalue weighted by molar-refractivity contribution is 0.522. The van der Waals surface area contributed by atoms with Crippen molar-refractivity contribution in [3.63, 3.8) is 0 Å². The fraction of sp³-hybridized carbons (Fsp3) is 0.208. The molecule has 0 aliphatic carbocycles. The molecule has 4 heterocycles. The first-order valence-corrected chi connectivity index (χ1v) is 11.1. The van der Waals surface area contributed by atoms with Crippen LogP contribution >= 0.6 is 0 Å². The molecule has 1 aliphatic rings. The van der Waals surface area contributed by atoms with E-state index in [-0.39, 0.29) is 11.4 Å². The van der Waals surface area contributed by atoms with Crippen LogP contribution in [0.4, 0.5) is 10.2 Å². The maximum absolute atomic E-state index is 14.8. The number of benzene rings is 2. The molecule has 10 heteroatoms. The first-order valence-electron chi connectivity index (χ1n) is 11.1. The molecule has 0 saturated heterocycles. The minimum Gasteiger partial charge on any atom is -0.358 e. The predicted octanol–water partition coefficient (Wildman–Crippen LogP) is 3.42. The van der Waals surface area contributed by atoms with Gasteiger partial charge < -0.3 is 10.3 Å². The summed E-state index contributed by atoms with van der Waals surface area (Å²) >= 11 is 0. The Morgan fingerprint density at radius 3 is 2.65 bits per heavy atom. The molecule has 2 aromatic carbocycles. The molecule has 0 radical (unpaired) electrons. The highest BCUT2D eigenvalue weighted by atomic mass is 19.1. The fourth-order valence-electron chi connectivity index (χ4n) is 4.54. The smallest absolute Gasteiger partial charge is 0.283 e. The summed E-state index contributed by atoms with van der Waals surface area (Å²) in [5.41, 5.74) is 3.34. The van der Waals surface area contributed by atoms with E-state index < -0.39 is 11.4 Å². The van der Waals surface area contributed by atoms with Crippen LogP contribution in [-0.4, -0.2) is 29.6 Å². The zero-order valence-corrected chi connectivity index (χ0v) is 18.4. The van der Waals surface area contributed by atoms with E-state index in [2.05, 4.69) is 25.3 Å². The van der Waals surface area contributed by atoms with Gasteiger partial charge in [0.05, 0.1) is 31.0 Å². The van der Waals surface area contributed by atoms with Gasteiger partial charge in [-0.1, -0.05) is 37.3 Å². The quantitative estimate of drug-likeness (QED) is 0.418. The number of hydrogen-bond donors (Lipinski definition) is 2. The molecule has 3 aromatic heterocycles. The van der Waals surface area contributed by atoms with E-state index in [0.29, 0.717) is 47.8 Å². The zero-order chi connectivity index (χ0) is 23.2. The van der Waals surface area contributed by atoms with E-state index >= 15 is 0 Å². The van der Waals surface area contributed by atoms with Crippen molar-refractivity contribution in [2.45, 2.75) is 32.5 Å². The molecule has 1 atom stereocenters. The van der Waals surface area contributed by atoms with Crippen molar-refractivity contribution in [3.05, 3.63) is 88.2 Å². The van der Waals surface area contributed by atoms with Crippen LogP contribution in [0.5, 0.6) is 0 Å². The van der Waals surface area contributed by atoms with Gasteiger partial charge in [0, 0.05) is 0 Å². The molecular weight excluding hydrogens is 435 g/mol. The van der Waals surface area contributed by atoms with Gasteiger partial charge in [0.1, 0.15) is 23.0 Å². The zero-order valence-electron chi connectivity index (χ0n) is 18.4.